The molecule has 1 saturated heterocycles. The molecule has 0 bridgehead atoms. The van der Waals surface area contributed by atoms with Crippen LogP contribution < -0.4 is 16.0 Å². The van der Waals surface area contributed by atoms with Gasteiger partial charge in [-0.2, -0.15) is 4.98 Å². The van der Waals surface area contributed by atoms with Gasteiger partial charge in [0.15, 0.2) is 0 Å². The lowest BCUT2D eigenvalue weighted by atomic mass is 9.95. The summed E-state index contributed by atoms with van der Waals surface area (Å²) in [6.45, 7) is 10.3. The zero-order valence-corrected chi connectivity index (χ0v) is 20.7. The molecule has 3 aromatic heterocycles. The lowest BCUT2D eigenvalue weighted by Gasteiger charge is -2.34. The fourth-order valence-corrected chi connectivity index (χ4v) is 4.39. The quantitative estimate of drug-likeness (QED) is 0.462. The fraction of sp³-hybridized carbons (Fsp3) is 0.520. The van der Waals surface area contributed by atoms with E-state index < -0.39 is 5.54 Å². The maximum Gasteiger partial charge on any atom is 0.222 e. The van der Waals surface area contributed by atoms with Gasteiger partial charge in [-0.1, -0.05) is 19.8 Å². The van der Waals surface area contributed by atoms with Crippen LogP contribution in [-0.2, 0) is 0 Å². The van der Waals surface area contributed by atoms with Crippen molar-refractivity contribution < 1.29 is 5.11 Å². The van der Waals surface area contributed by atoms with Crippen molar-refractivity contribution >= 4 is 28.5 Å². The molecule has 1 atom stereocenters. The molecule has 1 fully saturated rings. The van der Waals surface area contributed by atoms with Gasteiger partial charge in [-0.3, -0.25) is 4.98 Å². The molecule has 4 heterocycles. The van der Waals surface area contributed by atoms with Gasteiger partial charge in [0, 0.05) is 44.1 Å². The van der Waals surface area contributed by atoms with Crippen LogP contribution in [0.5, 0.6) is 0 Å². The highest BCUT2D eigenvalue weighted by Crippen LogP contribution is 2.30. The molecule has 0 radical (unpaired) electrons. The molecule has 0 spiro atoms. The second-order valence-electron chi connectivity index (χ2n) is 9.62. The van der Waals surface area contributed by atoms with Gasteiger partial charge in [-0.25, -0.2) is 9.97 Å². The summed E-state index contributed by atoms with van der Waals surface area (Å²) in [7, 11) is 2.15. The number of likely N-dealkylation sites (N-methyl/N-ethyl adjacent to an activating group) is 1. The van der Waals surface area contributed by atoms with Crippen molar-refractivity contribution in [2.45, 2.75) is 45.6 Å². The minimum atomic E-state index is -0.497. The second kappa shape index (κ2) is 10.1. The maximum atomic E-state index is 10.00. The average Bonchev–Trinajstić information content (AvgIpc) is 2.83. The lowest BCUT2D eigenvalue weighted by Crippen LogP contribution is -2.45. The Morgan fingerprint density at radius 2 is 1.88 bits per heavy atom. The minimum absolute atomic E-state index is 0.00544. The molecule has 9 nitrogen and oxygen atoms in total. The number of nitrogens with zero attached hydrogens (tertiary/aromatic N) is 6. The summed E-state index contributed by atoms with van der Waals surface area (Å²) >= 11 is 0. The Morgan fingerprint density at radius 1 is 1.12 bits per heavy atom. The van der Waals surface area contributed by atoms with Gasteiger partial charge in [0.2, 0.25) is 5.95 Å². The summed E-state index contributed by atoms with van der Waals surface area (Å²) in [6, 6.07) is 4.05. The van der Waals surface area contributed by atoms with E-state index in [0.29, 0.717) is 11.3 Å². The van der Waals surface area contributed by atoms with Crippen LogP contribution in [0.2, 0.25) is 0 Å². The van der Waals surface area contributed by atoms with E-state index in [1.807, 2.05) is 19.2 Å². The number of hydrogen-bond donors (Lipinski definition) is 3. The average molecular weight is 465 g/mol. The van der Waals surface area contributed by atoms with Crippen LogP contribution in [0.15, 0.2) is 24.5 Å². The largest absolute Gasteiger partial charge is 0.394 e. The van der Waals surface area contributed by atoms with Gasteiger partial charge in [0.25, 0.3) is 0 Å². The fourth-order valence-electron chi connectivity index (χ4n) is 4.39. The van der Waals surface area contributed by atoms with Crippen LogP contribution in [0.3, 0.4) is 0 Å². The molecule has 3 aromatic rings. The van der Waals surface area contributed by atoms with Gasteiger partial charge >= 0.3 is 0 Å². The highest BCUT2D eigenvalue weighted by Gasteiger charge is 2.24. The number of aliphatic hydroxyl groups excluding tert-OH is 1. The third-order valence-electron chi connectivity index (χ3n) is 6.60. The number of rotatable bonds is 8. The molecule has 0 aromatic carbocycles. The topological polar surface area (TPSA) is 116 Å². The lowest BCUT2D eigenvalue weighted by molar-refractivity contribution is 0.212. The number of unbranched alkanes of at least 4 members (excludes halogenated alkanes) is 1. The first-order valence-electron chi connectivity index (χ1n) is 12.0. The number of aromatic nitrogens is 4. The van der Waals surface area contributed by atoms with Crippen molar-refractivity contribution in [2.24, 2.45) is 0 Å². The minimum Gasteiger partial charge on any atom is -0.394 e. The van der Waals surface area contributed by atoms with Crippen molar-refractivity contribution in [3.63, 3.8) is 0 Å². The Bertz CT molecular complexity index is 1150. The van der Waals surface area contributed by atoms with Crippen LogP contribution in [0.25, 0.3) is 22.2 Å². The standard InChI is InChI=1S/C25H36N8O/c1-5-6-7-25(3,16-34)31-22-19-15-27-20(13-21(19)29-24(26)30-22)18-12-17(2)23(28-14-18)33-10-8-32(4)9-11-33/h12-15,34H,5-11,16H2,1-4H3,(H3,26,29,30,31)/t25-/m1/s1. The van der Waals surface area contributed by atoms with Crippen LogP contribution >= 0.6 is 0 Å². The summed E-state index contributed by atoms with van der Waals surface area (Å²) in [6.07, 6.45) is 6.53. The van der Waals surface area contributed by atoms with E-state index in [1.165, 1.54) is 0 Å². The highest BCUT2D eigenvalue weighted by molar-refractivity contribution is 5.91. The number of nitrogen functional groups attached to an aromatic ring is 1. The molecule has 0 aliphatic carbocycles. The van der Waals surface area contributed by atoms with Crippen molar-refractivity contribution in [1.82, 2.24) is 24.8 Å². The van der Waals surface area contributed by atoms with E-state index in [1.54, 1.807) is 6.20 Å². The number of pyridine rings is 2. The van der Waals surface area contributed by atoms with Crippen LogP contribution in [-0.4, -0.2) is 75.3 Å². The van der Waals surface area contributed by atoms with Crippen molar-refractivity contribution in [3.8, 4) is 11.3 Å². The Balaban J connectivity index is 1.63. The maximum absolute atomic E-state index is 10.00. The monoisotopic (exact) mass is 464 g/mol. The number of aryl methyl sites for hydroxylation is 1. The first-order valence-corrected chi connectivity index (χ1v) is 12.0. The van der Waals surface area contributed by atoms with E-state index in [2.05, 4.69) is 52.0 Å². The molecular weight excluding hydrogens is 428 g/mol. The summed E-state index contributed by atoms with van der Waals surface area (Å²) < 4.78 is 0. The summed E-state index contributed by atoms with van der Waals surface area (Å²) in [4.78, 5) is 23.0. The van der Waals surface area contributed by atoms with E-state index in [4.69, 9.17) is 15.7 Å². The second-order valence-corrected chi connectivity index (χ2v) is 9.62. The number of piperazine rings is 1. The van der Waals surface area contributed by atoms with Crippen LogP contribution in [0, 0.1) is 6.92 Å². The number of anilines is 3. The molecule has 9 heteroatoms. The number of nitrogens with two attached hydrogens (primary N) is 1. The molecule has 0 amide bonds. The molecule has 4 rings (SSSR count). The van der Waals surface area contributed by atoms with Gasteiger partial charge in [-0.15, -0.1) is 0 Å². The van der Waals surface area contributed by atoms with Gasteiger partial charge in [0.1, 0.15) is 11.6 Å². The number of aliphatic hydroxyl groups is 1. The van der Waals surface area contributed by atoms with E-state index >= 15 is 0 Å². The zero-order chi connectivity index (χ0) is 24.3. The molecule has 182 valence electrons. The molecule has 0 unspecified atom stereocenters. The van der Waals surface area contributed by atoms with Gasteiger partial charge < -0.3 is 26.0 Å². The van der Waals surface area contributed by atoms with Crippen molar-refractivity contribution in [3.05, 3.63) is 30.1 Å². The van der Waals surface area contributed by atoms with Gasteiger partial charge in [0.05, 0.1) is 28.7 Å². The summed E-state index contributed by atoms with van der Waals surface area (Å²) in [5, 5.41) is 14.2. The molecule has 34 heavy (non-hydrogen) atoms. The molecular formula is C25H36N8O. The Labute approximate surface area is 201 Å². The summed E-state index contributed by atoms with van der Waals surface area (Å²) in [5.74, 6) is 1.81. The Kier molecular flexibility index (Phi) is 7.13. The Hall–Kier alpha value is -3.04. The highest BCUT2D eigenvalue weighted by atomic mass is 16.3. The molecule has 1 aliphatic rings. The number of hydrogen-bond acceptors (Lipinski definition) is 9. The molecule has 4 N–H and O–H groups in total. The third kappa shape index (κ3) is 5.20. The zero-order valence-electron chi connectivity index (χ0n) is 20.7. The van der Waals surface area contributed by atoms with Crippen LogP contribution in [0.1, 0.15) is 38.7 Å². The predicted octanol–water partition coefficient (Wildman–Crippen LogP) is 3.08. The van der Waals surface area contributed by atoms with Crippen molar-refractivity contribution in [2.75, 3.05) is 55.8 Å². The normalized spacial score (nSPS) is 16.6. The Morgan fingerprint density at radius 3 is 2.56 bits per heavy atom. The first-order chi connectivity index (χ1) is 16.3. The van der Waals surface area contributed by atoms with Crippen molar-refractivity contribution in [1.29, 1.82) is 0 Å². The number of fused-ring (bicyclic) bond motifs is 1. The summed E-state index contributed by atoms with van der Waals surface area (Å²) in [5.41, 5.74) is 9.10. The van der Waals surface area contributed by atoms with Crippen LogP contribution in [0.4, 0.5) is 17.6 Å². The predicted molar refractivity (Wildman–Crippen MR) is 138 cm³/mol. The first kappa shape index (κ1) is 24.1. The van der Waals surface area contributed by atoms with E-state index in [9.17, 15) is 5.11 Å². The van der Waals surface area contributed by atoms with E-state index in [0.717, 1.165) is 73.5 Å². The SMILES string of the molecule is CCCC[C@](C)(CO)Nc1nc(N)nc2cc(-c3cnc(N4CCN(C)CC4)c(C)c3)ncc12. The molecule has 1 aliphatic heterocycles. The van der Waals surface area contributed by atoms with E-state index in [-0.39, 0.29) is 12.6 Å². The third-order valence-corrected chi connectivity index (χ3v) is 6.60. The smallest absolute Gasteiger partial charge is 0.222 e. The molecule has 0 saturated carbocycles. The number of nitrogens with one attached hydrogen (secondary N) is 1. The van der Waals surface area contributed by atoms with Gasteiger partial charge in [-0.05, 0) is 45.0 Å².